The van der Waals surface area contributed by atoms with Gasteiger partial charge in [0.25, 0.3) is 5.91 Å². The largest absolute Gasteiger partial charge is 0.449 e. The van der Waals surface area contributed by atoms with Crippen molar-refractivity contribution in [3.8, 4) is 0 Å². The van der Waals surface area contributed by atoms with Gasteiger partial charge < -0.3 is 9.73 Å². The van der Waals surface area contributed by atoms with E-state index in [1.807, 2.05) is 0 Å². The monoisotopic (exact) mass is 424 g/mol. The summed E-state index contributed by atoms with van der Waals surface area (Å²) in [6, 6.07) is 13.3. The number of pyridine rings is 1. The highest BCUT2D eigenvalue weighted by Gasteiger charge is 2.21. The first-order valence-electron chi connectivity index (χ1n) is 9.06. The molecular weight excluding hydrogens is 407 g/mol. The van der Waals surface area contributed by atoms with E-state index in [1.165, 1.54) is 30.5 Å². The van der Waals surface area contributed by atoms with Gasteiger partial charge in [-0.25, -0.2) is 12.8 Å². The third-order valence-electron chi connectivity index (χ3n) is 4.61. The van der Waals surface area contributed by atoms with Crippen molar-refractivity contribution < 1.29 is 22.0 Å². The first-order chi connectivity index (χ1) is 14.3. The lowest BCUT2D eigenvalue weighted by Gasteiger charge is -2.08. The van der Waals surface area contributed by atoms with Gasteiger partial charge in [0.1, 0.15) is 10.7 Å². The number of nitrogens with one attached hydrogen (secondary N) is 1. The first-order valence-corrected chi connectivity index (χ1v) is 10.5. The van der Waals surface area contributed by atoms with Crippen molar-refractivity contribution in [1.29, 1.82) is 0 Å². The number of furan rings is 1. The van der Waals surface area contributed by atoms with E-state index < -0.39 is 21.6 Å². The molecule has 2 aromatic heterocycles. The third kappa shape index (κ3) is 3.81. The Bertz CT molecular complexity index is 1310. The Morgan fingerprint density at radius 2 is 1.87 bits per heavy atom. The fourth-order valence-electron chi connectivity index (χ4n) is 3.00. The van der Waals surface area contributed by atoms with Crippen LogP contribution in [0.15, 0.2) is 81.2 Å². The lowest BCUT2D eigenvalue weighted by molar-refractivity contribution is 0.0925. The van der Waals surface area contributed by atoms with Gasteiger partial charge in [0.2, 0.25) is 9.84 Å². The number of sulfone groups is 1. The van der Waals surface area contributed by atoms with Gasteiger partial charge in [-0.1, -0.05) is 18.2 Å². The van der Waals surface area contributed by atoms with Crippen LogP contribution in [-0.4, -0.2) is 19.3 Å². The van der Waals surface area contributed by atoms with E-state index in [1.54, 1.807) is 43.5 Å². The highest BCUT2D eigenvalue weighted by molar-refractivity contribution is 7.91. The Labute approximate surface area is 172 Å². The highest BCUT2D eigenvalue weighted by atomic mass is 32.2. The van der Waals surface area contributed by atoms with Crippen LogP contribution in [0.25, 0.3) is 11.0 Å². The normalized spacial score (nSPS) is 11.5. The molecule has 152 valence electrons. The molecule has 2 aromatic carbocycles. The van der Waals surface area contributed by atoms with Gasteiger partial charge in [-0.05, 0) is 54.4 Å². The Balaban J connectivity index is 1.47. The molecule has 0 unspecified atom stereocenters. The molecule has 0 saturated heterocycles. The molecule has 0 spiro atoms. The number of aryl methyl sites for hydroxylation is 1. The van der Waals surface area contributed by atoms with Gasteiger partial charge >= 0.3 is 0 Å². The lowest BCUT2D eigenvalue weighted by atomic mass is 10.2. The molecule has 0 bridgehead atoms. The number of rotatable bonds is 5. The summed E-state index contributed by atoms with van der Waals surface area (Å²) in [6.07, 6.45) is 3.14. The molecule has 0 aliphatic rings. The van der Waals surface area contributed by atoms with Crippen molar-refractivity contribution in [1.82, 2.24) is 10.3 Å². The van der Waals surface area contributed by atoms with Crippen molar-refractivity contribution in [3.63, 3.8) is 0 Å². The average molecular weight is 424 g/mol. The summed E-state index contributed by atoms with van der Waals surface area (Å²) in [4.78, 5) is 15.9. The Morgan fingerprint density at radius 1 is 1.10 bits per heavy atom. The fourth-order valence-corrected chi connectivity index (χ4v) is 4.31. The van der Waals surface area contributed by atoms with Crippen LogP contribution in [0.4, 0.5) is 4.39 Å². The average Bonchev–Trinajstić information content (AvgIpc) is 3.16. The number of hydrogen-bond donors (Lipinski definition) is 1. The predicted molar refractivity (Wildman–Crippen MR) is 108 cm³/mol. The van der Waals surface area contributed by atoms with E-state index in [0.717, 1.165) is 5.39 Å². The Morgan fingerprint density at radius 3 is 2.57 bits per heavy atom. The molecule has 1 N–H and O–H groups in total. The standard InChI is InChI=1S/C22H17FN2O4S/c1-14-2-7-21(18(23)10-14)30(27,28)17-5-3-15(4-6-17)12-25-22(26)19-11-16-8-9-24-13-20(16)29-19/h2-11,13H,12H2,1H3,(H,25,26). The molecule has 0 saturated carbocycles. The minimum atomic E-state index is -3.98. The lowest BCUT2D eigenvalue weighted by Crippen LogP contribution is -2.22. The maximum Gasteiger partial charge on any atom is 0.287 e. The van der Waals surface area contributed by atoms with E-state index in [4.69, 9.17) is 4.42 Å². The van der Waals surface area contributed by atoms with Crippen LogP contribution >= 0.6 is 0 Å². The summed E-state index contributed by atoms with van der Waals surface area (Å²) in [5.41, 5.74) is 1.84. The summed E-state index contributed by atoms with van der Waals surface area (Å²) in [6.45, 7) is 1.86. The molecule has 0 atom stereocenters. The first kappa shape index (κ1) is 19.8. The maximum absolute atomic E-state index is 14.1. The zero-order valence-corrected chi connectivity index (χ0v) is 16.7. The van der Waals surface area contributed by atoms with Crippen LogP contribution in [0.3, 0.4) is 0 Å². The summed E-state index contributed by atoms with van der Waals surface area (Å²) < 4.78 is 45.0. The highest BCUT2D eigenvalue weighted by Crippen LogP contribution is 2.24. The van der Waals surface area contributed by atoms with Crippen molar-refractivity contribution >= 4 is 26.7 Å². The van der Waals surface area contributed by atoms with Gasteiger partial charge in [-0.15, -0.1) is 0 Å². The van der Waals surface area contributed by atoms with E-state index >= 15 is 0 Å². The molecule has 1 amide bonds. The Kier molecular flexibility index (Phi) is 5.09. The van der Waals surface area contributed by atoms with Crippen molar-refractivity contribution in [2.75, 3.05) is 0 Å². The quantitative estimate of drug-likeness (QED) is 0.522. The minimum absolute atomic E-state index is 0.0230. The van der Waals surface area contributed by atoms with Crippen LogP contribution in [0.2, 0.25) is 0 Å². The summed E-state index contributed by atoms with van der Waals surface area (Å²) in [7, 11) is -3.98. The number of fused-ring (bicyclic) bond motifs is 1. The van der Waals surface area contributed by atoms with Gasteiger partial charge in [0, 0.05) is 18.1 Å². The summed E-state index contributed by atoms with van der Waals surface area (Å²) in [5.74, 6) is -1.02. The second-order valence-electron chi connectivity index (χ2n) is 6.79. The fraction of sp³-hybridized carbons (Fsp3) is 0.0909. The molecule has 8 heteroatoms. The zero-order chi connectivity index (χ0) is 21.3. The van der Waals surface area contributed by atoms with Gasteiger partial charge in [0.15, 0.2) is 11.3 Å². The second kappa shape index (κ2) is 7.72. The number of benzene rings is 2. The molecule has 30 heavy (non-hydrogen) atoms. The van der Waals surface area contributed by atoms with Gasteiger partial charge in [0.05, 0.1) is 11.1 Å². The number of aromatic nitrogens is 1. The second-order valence-corrected chi connectivity index (χ2v) is 8.71. The molecule has 4 aromatic rings. The number of nitrogens with zero attached hydrogens (tertiary/aromatic N) is 1. The molecular formula is C22H17FN2O4S. The van der Waals surface area contributed by atoms with Crippen LogP contribution < -0.4 is 5.32 Å². The minimum Gasteiger partial charge on any atom is -0.449 e. The number of carbonyl (C=O) groups is 1. The van der Waals surface area contributed by atoms with E-state index in [0.29, 0.717) is 16.7 Å². The molecule has 0 fully saturated rings. The molecule has 0 radical (unpaired) electrons. The van der Waals surface area contributed by atoms with Crippen LogP contribution in [0.5, 0.6) is 0 Å². The van der Waals surface area contributed by atoms with Crippen LogP contribution in [0, 0.1) is 12.7 Å². The molecule has 2 heterocycles. The molecule has 4 rings (SSSR count). The molecule has 0 aliphatic carbocycles. The molecule has 0 aliphatic heterocycles. The SMILES string of the molecule is Cc1ccc(S(=O)(=O)c2ccc(CNC(=O)c3cc4ccncc4o3)cc2)c(F)c1. The van der Waals surface area contributed by atoms with Gasteiger partial charge in [-0.3, -0.25) is 9.78 Å². The smallest absolute Gasteiger partial charge is 0.287 e. The maximum atomic E-state index is 14.1. The number of hydrogen-bond acceptors (Lipinski definition) is 5. The third-order valence-corrected chi connectivity index (χ3v) is 6.41. The van der Waals surface area contributed by atoms with Crippen molar-refractivity contribution in [3.05, 3.63) is 89.7 Å². The summed E-state index contributed by atoms with van der Waals surface area (Å²) >= 11 is 0. The number of amides is 1. The molecule has 6 nitrogen and oxygen atoms in total. The van der Waals surface area contributed by atoms with E-state index in [2.05, 4.69) is 10.3 Å². The topological polar surface area (TPSA) is 89.3 Å². The van der Waals surface area contributed by atoms with Gasteiger partial charge in [-0.2, -0.15) is 0 Å². The number of halogens is 1. The van der Waals surface area contributed by atoms with Crippen molar-refractivity contribution in [2.45, 2.75) is 23.3 Å². The predicted octanol–water partition coefficient (Wildman–Crippen LogP) is 4.04. The van der Waals surface area contributed by atoms with Crippen molar-refractivity contribution in [2.24, 2.45) is 0 Å². The van der Waals surface area contributed by atoms with E-state index in [9.17, 15) is 17.6 Å². The van der Waals surface area contributed by atoms with Crippen LogP contribution in [0.1, 0.15) is 21.7 Å². The summed E-state index contributed by atoms with van der Waals surface area (Å²) in [5, 5.41) is 3.49. The van der Waals surface area contributed by atoms with Crippen LogP contribution in [-0.2, 0) is 16.4 Å². The zero-order valence-electron chi connectivity index (χ0n) is 15.9. The Hall–Kier alpha value is -3.52. The number of carbonyl (C=O) groups excluding carboxylic acids is 1. The van der Waals surface area contributed by atoms with E-state index in [-0.39, 0.29) is 22.1 Å².